The van der Waals surface area contributed by atoms with Crippen LogP contribution < -0.4 is 10.5 Å². The van der Waals surface area contributed by atoms with Crippen LogP contribution in [-0.4, -0.2) is 11.6 Å². The van der Waals surface area contributed by atoms with Gasteiger partial charge in [0.1, 0.15) is 11.6 Å². The molecule has 0 fully saturated rings. The van der Waals surface area contributed by atoms with Crippen molar-refractivity contribution >= 4 is 5.69 Å². The molecule has 0 saturated carbocycles. The number of halogens is 1. The third-order valence-electron chi connectivity index (χ3n) is 2.32. The first-order valence-electron chi connectivity index (χ1n) is 5.34. The lowest BCUT2D eigenvalue weighted by molar-refractivity contribution is 0.340. The first-order valence-corrected chi connectivity index (χ1v) is 5.34. The lowest BCUT2D eigenvalue weighted by atomic mass is 10.1. The highest BCUT2D eigenvalue weighted by Gasteiger charge is 2.07. The number of benzene rings is 1. The summed E-state index contributed by atoms with van der Waals surface area (Å²) >= 11 is 0. The van der Waals surface area contributed by atoms with Crippen LogP contribution >= 0.6 is 0 Å². The summed E-state index contributed by atoms with van der Waals surface area (Å²) < 4.78 is 19.0. The second-order valence-corrected chi connectivity index (χ2v) is 3.58. The van der Waals surface area contributed by atoms with E-state index in [1.165, 1.54) is 12.3 Å². The molecule has 1 heterocycles. The summed E-state index contributed by atoms with van der Waals surface area (Å²) in [5.74, 6) is 0.312. The zero-order chi connectivity index (χ0) is 12.3. The number of hydrogen-bond acceptors (Lipinski definition) is 3. The molecule has 0 amide bonds. The number of nitrogens with two attached hydrogens (primary N) is 1. The van der Waals surface area contributed by atoms with Crippen molar-refractivity contribution in [3.8, 4) is 16.9 Å². The summed E-state index contributed by atoms with van der Waals surface area (Å²) in [5, 5.41) is 0. The van der Waals surface area contributed by atoms with Crippen LogP contribution in [0.1, 0.15) is 6.92 Å². The van der Waals surface area contributed by atoms with Gasteiger partial charge in [-0.3, -0.25) is 4.98 Å². The summed E-state index contributed by atoms with van der Waals surface area (Å²) in [6.07, 6.45) is 3.10. The number of ether oxygens (including phenoxy) is 1. The quantitative estimate of drug-likeness (QED) is 0.885. The normalized spacial score (nSPS) is 10.2. The van der Waals surface area contributed by atoms with E-state index in [9.17, 15) is 4.39 Å². The van der Waals surface area contributed by atoms with Crippen LogP contribution in [0.15, 0.2) is 36.7 Å². The molecule has 0 radical (unpaired) electrons. The molecule has 88 valence electrons. The van der Waals surface area contributed by atoms with Gasteiger partial charge < -0.3 is 10.5 Å². The van der Waals surface area contributed by atoms with Crippen molar-refractivity contribution in [2.75, 3.05) is 12.3 Å². The van der Waals surface area contributed by atoms with Gasteiger partial charge in [0.25, 0.3) is 0 Å². The van der Waals surface area contributed by atoms with Gasteiger partial charge in [-0.15, -0.1) is 0 Å². The van der Waals surface area contributed by atoms with E-state index in [1.807, 2.05) is 6.92 Å². The molecule has 3 nitrogen and oxygen atoms in total. The predicted molar refractivity (Wildman–Crippen MR) is 65.2 cm³/mol. The highest BCUT2D eigenvalue weighted by Crippen LogP contribution is 2.27. The average Bonchev–Trinajstić information content (AvgIpc) is 2.32. The minimum absolute atomic E-state index is 0.319. The molecule has 4 heteroatoms. The van der Waals surface area contributed by atoms with Gasteiger partial charge in [-0.25, -0.2) is 4.39 Å². The molecular weight excluding hydrogens is 219 g/mol. The predicted octanol–water partition coefficient (Wildman–Crippen LogP) is 2.87. The molecule has 1 aromatic carbocycles. The summed E-state index contributed by atoms with van der Waals surface area (Å²) in [7, 11) is 0. The number of aromatic nitrogens is 1. The molecule has 0 aliphatic heterocycles. The summed E-state index contributed by atoms with van der Waals surface area (Å²) in [4.78, 5) is 3.94. The number of nitrogens with zero attached hydrogens (tertiary/aromatic N) is 1. The molecule has 17 heavy (non-hydrogen) atoms. The van der Waals surface area contributed by atoms with Crippen LogP contribution in [0.3, 0.4) is 0 Å². The summed E-state index contributed by atoms with van der Waals surface area (Å²) in [6.45, 7) is 2.42. The van der Waals surface area contributed by atoms with E-state index in [0.29, 0.717) is 29.2 Å². The monoisotopic (exact) mass is 232 g/mol. The van der Waals surface area contributed by atoms with Crippen LogP contribution in [0.25, 0.3) is 11.1 Å². The maximum Gasteiger partial charge on any atom is 0.131 e. The van der Waals surface area contributed by atoms with Crippen molar-refractivity contribution in [2.45, 2.75) is 6.92 Å². The number of nitrogen functional groups attached to an aromatic ring is 1. The topological polar surface area (TPSA) is 48.1 Å². The number of rotatable bonds is 3. The fourth-order valence-electron chi connectivity index (χ4n) is 1.59. The Morgan fingerprint density at radius 2 is 2.12 bits per heavy atom. The highest BCUT2D eigenvalue weighted by atomic mass is 19.1. The maximum absolute atomic E-state index is 13.7. The van der Waals surface area contributed by atoms with Crippen LogP contribution in [0.5, 0.6) is 5.75 Å². The Labute approximate surface area is 99.1 Å². The largest absolute Gasteiger partial charge is 0.494 e. The van der Waals surface area contributed by atoms with Crippen molar-refractivity contribution in [1.82, 2.24) is 4.98 Å². The SMILES string of the molecule is CCOc1ccc(F)c(-c2cncc(N)c2)c1. The first kappa shape index (κ1) is 11.4. The maximum atomic E-state index is 13.7. The van der Waals surface area contributed by atoms with E-state index < -0.39 is 0 Å². The zero-order valence-corrected chi connectivity index (χ0v) is 9.48. The fourth-order valence-corrected chi connectivity index (χ4v) is 1.59. The molecule has 0 saturated heterocycles. The van der Waals surface area contributed by atoms with Gasteiger partial charge in [0, 0.05) is 23.5 Å². The highest BCUT2D eigenvalue weighted by molar-refractivity contribution is 5.67. The Kier molecular flexibility index (Phi) is 3.23. The smallest absolute Gasteiger partial charge is 0.131 e. The van der Waals surface area contributed by atoms with Gasteiger partial charge >= 0.3 is 0 Å². The van der Waals surface area contributed by atoms with Gasteiger partial charge in [0.15, 0.2) is 0 Å². The van der Waals surface area contributed by atoms with Crippen molar-refractivity contribution in [1.29, 1.82) is 0 Å². The fraction of sp³-hybridized carbons (Fsp3) is 0.154. The van der Waals surface area contributed by atoms with E-state index in [4.69, 9.17) is 10.5 Å². The Morgan fingerprint density at radius 1 is 1.29 bits per heavy atom. The molecule has 0 spiro atoms. The summed E-state index contributed by atoms with van der Waals surface area (Å²) in [5.41, 5.74) is 7.21. The number of pyridine rings is 1. The third-order valence-corrected chi connectivity index (χ3v) is 2.32. The molecule has 0 atom stereocenters. The van der Waals surface area contributed by atoms with Gasteiger partial charge in [0.2, 0.25) is 0 Å². The van der Waals surface area contributed by atoms with E-state index >= 15 is 0 Å². The van der Waals surface area contributed by atoms with Gasteiger partial charge in [-0.05, 0) is 31.2 Å². The Balaban J connectivity index is 2.46. The minimum Gasteiger partial charge on any atom is -0.494 e. The molecule has 0 unspecified atom stereocenters. The van der Waals surface area contributed by atoms with Gasteiger partial charge in [0.05, 0.1) is 12.3 Å². The van der Waals surface area contributed by atoms with Gasteiger partial charge in [-0.1, -0.05) is 0 Å². The number of anilines is 1. The van der Waals surface area contributed by atoms with Crippen LogP contribution in [0, 0.1) is 5.82 Å². The minimum atomic E-state index is -0.319. The zero-order valence-electron chi connectivity index (χ0n) is 9.48. The molecule has 0 bridgehead atoms. The molecular formula is C13H13FN2O. The van der Waals surface area contributed by atoms with E-state index in [0.717, 1.165) is 0 Å². The first-order chi connectivity index (χ1) is 8.20. The third kappa shape index (κ3) is 2.53. The molecule has 2 N–H and O–H groups in total. The van der Waals surface area contributed by atoms with Crippen molar-refractivity contribution in [2.24, 2.45) is 0 Å². The van der Waals surface area contributed by atoms with E-state index in [1.54, 1.807) is 24.4 Å². The second kappa shape index (κ2) is 4.82. The van der Waals surface area contributed by atoms with E-state index in [2.05, 4.69) is 4.98 Å². The molecule has 2 aromatic rings. The van der Waals surface area contributed by atoms with E-state index in [-0.39, 0.29) is 5.82 Å². The Hall–Kier alpha value is -2.10. The lowest BCUT2D eigenvalue weighted by Gasteiger charge is -2.07. The average molecular weight is 232 g/mol. The van der Waals surface area contributed by atoms with Crippen LogP contribution in [0.4, 0.5) is 10.1 Å². The van der Waals surface area contributed by atoms with Crippen molar-refractivity contribution in [3.05, 3.63) is 42.5 Å². The molecule has 2 rings (SSSR count). The van der Waals surface area contributed by atoms with Crippen LogP contribution in [-0.2, 0) is 0 Å². The standard InChI is InChI=1S/C13H13FN2O/c1-2-17-11-3-4-13(14)12(6-11)9-5-10(15)8-16-7-9/h3-8H,2,15H2,1H3. The Bertz CT molecular complexity index is 529. The Morgan fingerprint density at radius 3 is 2.82 bits per heavy atom. The molecule has 1 aromatic heterocycles. The molecule has 0 aliphatic rings. The molecule has 0 aliphatic carbocycles. The lowest BCUT2D eigenvalue weighted by Crippen LogP contribution is -1.94. The van der Waals surface area contributed by atoms with Crippen LogP contribution in [0.2, 0.25) is 0 Å². The summed E-state index contributed by atoms with van der Waals surface area (Å²) in [6, 6.07) is 6.31. The van der Waals surface area contributed by atoms with Crippen molar-refractivity contribution < 1.29 is 9.13 Å². The van der Waals surface area contributed by atoms with Crippen molar-refractivity contribution in [3.63, 3.8) is 0 Å². The second-order valence-electron chi connectivity index (χ2n) is 3.58. The number of hydrogen-bond donors (Lipinski definition) is 1. The van der Waals surface area contributed by atoms with Gasteiger partial charge in [-0.2, -0.15) is 0 Å².